The molecule has 5 rings (SSSR count). The van der Waals surface area contributed by atoms with E-state index in [2.05, 4.69) is 0 Å². The number of thioether (sulfide) groups is 2. The van der Waals surface area contributed by atoms with Crippen LogP contribution in [0.5, 0.6) is 0 Å². The number of hydrogen-bond donors (Lipinski definition) is 3. The summed E-state index contributed by atoms with van der Waals surface area (Å²) in [6.45, 7) is -0.489. The summed E-state index contributed by atoms with van der Waals surface area (Å²) in [4.78, 5) is 12.6. The molecule has 0 amide bonds. The summed E-state index contributed by atoms with van der Waals surface area (Å²) < 4.78 is 112. The molecule has 0 radical (unpaired) electrons. The van der Waals surface area contributed by atoms with E-state index >= 15 is 0 Å². The van der Waals surface area contributed by atoms with E-state index in [1.54, 1.807) is 0 Å². The Morgan fingerprint density at radius 3 is 1.74 bits per heavy atom. The number of halogens is 6. The molecule has 1 spiro atoms. The molecule has 2 atom stereocenters. The van der Waals surface area contributed by atoms with Gasteiger partial charge in [0.05, 0.1) is 17.3 Å². The molecule has 0 aromatic carbocycles. The molecule has 1 aliphatic heterocycles. The zero-order chi connectivity index (χ0) is 26.3. The highest BCUT2D eigenvalue weighted by Crippen LogP contribution is 2.71. The van der Waals surface area contributed by atoms with Crippen LogP contribution in [-0.2, 0) is 19.6 Å². The zero-order valence-corrected chi connectivity index (χ0v) is 20.5. The molecule has 202 valence electrons. The number of alkyl halides is 6. The van der Waals surface area contributed by atoms with Gasteiger partial charge in [-0.3, -0.25) is 4.55 Å². The van der Waals surface area contributed by atoms with E-state index in [9.17, 15) is 49.8 Å². The van der Waals surface area contributed by atoms with Gasteiger partial charge in [0.2, 0.25) is 0 Å². The molecule has 5 fully saturated rings. The largest absolute Gasteiger partial charge is 0.457 e. The Morgan fingerprint density at radius 1 is 0.914 bits per heavy atom. The van der Waals surface area contributed by atoms with Crippen LogP contribution in [0.2, 0.25) is 0 Å². The molecule has 7 nitrogen and oxygen atoms in total. The van der Waals surface area contributed by atoms with E-state index in [4.69, 9.17) is 9.29 Å². The molecule has 2 unspecified atom stereocenters. The lowest BCUT2D eigenvalue weighted by Crippen LogP contribution is -2.70. The Balaban J connectivity index is 1.65. The monoisotopic (exact) mass is 574 g/mol. The second-order valence-corrected chi connectivity index (χ2v) is 14.5. The molecule has 1 heterocycles. The third kappa shape index (κ3) is 3.91. The number of hydrogen-bond acceptors (Lipinski definition) is 8. The van der Waals surface area contributed by atoms with Crippen LogP contribution < -0.4 is 0 Å². The van der Waals surface area contributed by atoms with E-state index in [0.29, 0.717) is 24.3 Å². The molecule has 4 aliphatic carbocycles. The van der Waals surface area contributed by atoms with Gasteiger partial charge in [-0.15, -0.1) is 23.5 Å². The van der Waals surface area contributed by atoms with Crippen molar-refractivity contribution in [3.05, 3.63) is 0 Å². The smallest absolute Gasteiger partial charge is 0.430 e. The molecule has 5 aliphatic rings. The average Bonchev–Trinajstić information content (AvgIpc) is 2.68. The van der Waals surface area contributed by atoms with Gasteiger partial charge in [0.15, 0.2) is 0 Å². The van der Waals surface area contributed by atoms with Crippen molar-refractivity contribution in [3.63, 3.8) is 0 Å². The van der Waals surface area contributed by atoms with Gasteiger partial charge < -0.3 is 14.9 Å². The van der Waals surface area contributed by atoms with Crippen molar-refractivity contribution in [2.24, 2.45) is 23.2 Å². The van der Waals surface area contributed by atoms with Gasteiger partial charge in [-0.1, -0.05) is 0 Å². The number of rotatable bonds is 5. The molecule has 35 heavy (non-hydrogen) atoms. The van der Waals surface area contributed by atoms with Gasteiger partial charge in [0.1, 0.15) is 5.60 Å². The lowest BCUT2D eigenvalue weighted by Gasteiger charge is -2.65. The maximum absolute atomic E-state index is 13.6. The highest BCUT2D eigenvalue weighted by Gasteiger charge is 2.85. The molecular formula is C19H24F6O7S3. The topological polar surface area (TPSA) is 121 Å². The highest BCUT2D eigenvalue weighted by atomic mass is 32.2. The predicted octanol–water partition coefficient (Wildman–Crippen LogP) is 3.01. The van der Waals surface area contributed by atoms with Crippen LogP contribution in [0.3, 0.4) is 0 Å². The maximum Gasteiger partial charge on any atom is 0.430 e. The van der Waals surface area contributed by atoms with E-state index in [0.717, 1.165) is 0 Å². The molecule has 16 heteroatoms. The van der Waals surface area contributed by atoms with Crippen LogP contribution in [0, 0.1) is 23.2 Å². The van der Waals surface area contributed by atoms with Crippen molar-refractivity contribution in [2.75, 3.05) is 24.7 Å². The first-order valence-corrected chi connectivity index (χ1v) is 14.2. The average molecular weight is 575 g/mol. The van der Waals surface area contributed by atoms with Crippen LogP contribution in [0.4, 0.5) is 26.3 Å². The van der Waals surface area contributed by atoms with E-state index in [1.165, 1.54) is 23.5 Å². The molecule has 4 bridgehead atoms. The Hall–Kier alpha value is -0.420. The summed E-state index contributed by atoms with van der Waals surface area (Å²) in [6, 6.07) is 0. The van der Waals surface area contributed by atoms with E-state index in [1.807, 2.05) is 0 Å². The fourth-order valence-electron chi connectivity index (χ4n) is 6.36. The third-order valence-electron chi connectivity index (χ3n) is 7.93. The number of carbonyl (C=O) groups is 1. The molecule has 0 aromatic rings. The van der Waals surface area contributed by atoms with Crippen molar-refractivity contribution >= 4 is 39.6 Å². The summed E-state index contributed by atoms with van der Waals surface area (Å²) in [5, 5.41) is 19.4. The molecule has 1 saturated heterocycles. The SMILES string of the molecule is O=C(OC12CC3CC(C1)C1(SCC(CO)(CO)CS1)C(C3)C2)C(C(F)(F)F)(C(F)(F)F)S(=O)(=O)O. The highest BCUT2D eigenvalue weighted by molar-refractivity contribution is 8.18. The number of ether oxygens (including phenoxy) is 1. The first kappa shape index (κ1) is 27.6. The van der Waals surface area contributed by atoms with Crippen molar-refractivity contribution in [2.45, 2.75) is 58.9 Å². The van der Waals surface area contributed by atoms with Crippen LogP contribution in [0.1, 0.15) is 32.1 Å². The number of esters is 1. The first-order valence-electron chi connectivity index (χ1n) is 10.7. The molecular weight excluding hydrogens is 550 g/mol. The van der Waals surface area contributed by atoms with Gasteiger partial charge >= 0.3 is 33.2 Å². The molecule has 4 saturated carbocycles. The summed E-state index contributed by atoms with van der Waals surface area (Å²) in [6.07, 6.45) is -12.3. The predicted molar refractivity (Wildman–Crippen MR) is 113 cm³/mol. The van der Waals surface area contributed by atoms with Gasteiger partial charge in [-0.2, -0.15) is 34.8 Å². The van der Waals surface area contributed by atoms with Crippen LogP contribution in [0.15, 0.2) is 0 Å². The second-order valence-electron chi connectivity index (χ2n) is 10.2. The molecule has 3 N–H and O–H groups in total. The second kappa shape index (κ2) is 8.29. The minimum atomic E-state index is -7.05. The van der Waals surface area contributed by atoms with Crippen molar-refractivity contribution < 1.29 is 59.1 Å². The fourth-order valence-corrected chi connectivity index (χ4v) is 11.3. The Kier molecular flexibility index (Phi) is 6.54. The van der Waals surface area contributed by atoms with E-state index in [-0.39, 0.29) is 50.2 Å². The number of aliphatic hydroxyl groups is 2. The van der Waals surface area contributed by atoms with Crippen molar-refractivity contribution in [1.82, 2.24) is 0 Å². The summed E-state index contributed by atoms with van der Waals surface area (Å²) >= 11 is 3.00. The number of carbonyl (C=O) groups excluding carboxylic acids is 1. The van der Waals surface area contributed by atoms with Gasteiger partial charge in [-0.25, -0.2) is 4.79 Å². The lowest BCUT2D eigenvalue weighted by molar-refractivity contribution is -0.276. The van der Waals surface area contributed by atoms with Gasteiger partial charge in [-0.05, 0) is 49.9 Å². The third-order valence-corrected chi connectivity index (χ3v) is 13.8. The minimum absolute atomic E-state index is 0.00560. The minimum Gasteiger partial charge on any atom is -0.457 e. The van der Waals surface area contributed by atoms with Crippen molar-refractivity contribution in [1.29, 1.82) is 0 Å². The molecule has 0 aromatic heterocycles. The standard InChI is InChI=1S/C19H24F6O7S3/c20-18(21,22)17(19(23,24)25,35(29,30)31)13(28)32-15-3-10-1-11(4-15)16(12(2-10)5-15)33-8-14(6-26,7-27)9-34-16/h10-12,26-27H,1-9H2,(H,29,30,31). The quantitative estimate of drug-likeness (QED) is 0.259. The Bertz CT molecular complexity index is 936. The summed E-state index contributed by atoms with van der Waals surface area (Å²) in [5.74, 6) is -2.89. The first-order chi connectivity index (χ1) is 15.9. The van der Waals surface area contributed by atoms with E-state index < -0.39 is 48.3 Å². The normalized spacial score (nSPS) is 34.3. The maximum atomic E-state index is 13.6. The van der Waals surface area contributed by atoms with Gasteiger partial charge in [0.25, 0.3) is 0 Å². The zero-order valence-electron chi connectivity index (χ0n) is 18.1. The lowest BCUT2D eigenvalue weighted by atomic mass is 9.53. The van der Waals surface area contributed by atoms with Gasteiger partial charge in [0, 0.05) is 16.9 Å². The van der Waals surface area contributed by atoms with Crippen molar-refractivity contribution in [3.8, 4) is 0 Å². The Morgan fingerprint density at radius 2 is 1.37 bits per heavy atom. The fraction of sp³-hybridized carbons (Fsp3) is 0.947. The Labute approximate surface area is 205 Å². The van der Waals surface area contributed by atoms with Crippen LogP contribution in [-0.4, -0.2) is 80.7 Å². The number of aliphatic hydroxyl groups excluding tert-OH is 2. The summed E-state index contributed by atoms with van der Waals surface area (Å²) in [5.41, 5.74) is -2.43. The van der Waals surface area contributed by atoms with Crippen LogP contribution in [0.25, 0.3) is 0 Å². The van der Waals surface area contributed by atoms with Crippen LogP contribution >= 0.6 is 23.5 Å². The summed E-state index contributed by atoms with van der Waals surface area (Å²) in [7, 11) is -7.05.